The average Bonchev–Trinajstić information content (AvgIpc) is 3.21. The molecule has 1 aliphatic carbocycles. The molecule has 0 bridgehead atoms. The Kier molecular flexibility index (Phi) is 6.65. The summed E-state index contributed by atoms with van der Waals surface area (Å²) in [7, 11) is 4.33. The number of hydrogen-bond donors (Lipinski definition) is 2. The molecule has 3 heterocycles. The molecule has 3 aliphatic rings. The summed E-state index contributed by atoms with van der Waals surface area (Å²) in [5, 5.41) is 12.4. The van der Waals surface area contributed by atoms with Gasteiger partial charge in [0, 0.05) is 38.3 Å². The largest absolute Gasteiger partial charge is 0.395 e. The van der Waals surface area contributed by atoms with Crippen molar-refractivity contribution in [2.75, 3.05) is 69.8 Å². The second kappa shape index (κ2) is 9.72. The quantitative estimate of drug-likeness (QED) is 0.654. The number of rotatable bonds is 6. The highest BCUT2D eigenvalue weighted by Gasteiger charge is 2.50. The van der Waals surface area contributed by atoms with Crippen molar-refractivity contribution < 1.29 is 9.90 Å². The number of aliphatic hydroxyl groups excluding tert-OH is 1. The molecule has 2 aromatic rings. The fourth-order valence-corrected chi connectivity index (χ4v) is 6.01. The summed E-state index contributed by atoms with van der Waals surface area (Å²) in [6.07, 6.45) is 7.40. The van der Waals surface area contributed by atoms with Gasteiger partial charge < -0.3 is 15.3 Å². The first-order chi connectivity index (χ1) is 16.9. The van der Waals surface area contributed by atoms with Crippen molar-refractivity contribution in [3.05, 3.63) is 48.3 Å². The number of aliphatic hydroxyl groups is 1. The van der Waals surface area contributed by atoms with Gasteiger partial charge in [-0.3, -0.25) is 14.7 Å². The normalized spacial score (nSPS) is 27.6. The molecule has 9 nitrogen and oxygen atoms in total. The summed E-state index contributed by atoms with van der Waals surface area (Å²) in [6, 6.07) is 10.7. The highest BCUT2D eigenvalue weighted by Crippen LogP contribution is 2.46. The van der Waals surface area contributed by atoms with Crippen LogP contribution in [0.1, 0.15) is 31.2 Å². The van der Waals surface area contributed by atoms with Crippen LogP contribution in [0.4, 0.5) is 16.4 Å². The van der Waals surface area contributed by atoms with Gasteiger partial charge in [0.2, 0.25) is 5.95 Å². The maximum Gasteiger partial charge on any atom is 0.322 e. The second-order valence-electron chi connectivity index (χ2n) is 10.4. The molecular weight excluding hydrogens is 442 g/mol. The Hall–Kier alpha value is -2.75. The van der Waals surface area contributed by atoms with Crippen molar-refractivity contribution >= 4 is 17.7 Å². The summed E-state index contributed by atoms with van der Waals surface area (Å²) < 4.78 is 0. The van der Waals surface area contributed by atoms with Crippen molar-refractivity contribution in [3.63, 3.8) is 0 Å². The molecule has 1 aromatic heterocycles. The lowest BCUT2D eigenvalue weighted by Crippen LogP contribution is -2.54. The van der Waals surface area contributed by atoms with Crippen LogP contribution in [0, 0.1) is 0 Å². The third-order valence-corrected chi connectivity index (χ3v) is 8.29. The second-order valence-corrected chi connectivity index (χ2v) is 10.4. The van der Waals surface area contributed by atoms with Gasteiger partial charge >= 0.3 is 6.03 Å². The Labute approximate surface area is 207 Å². The van der Waals surface area contributed by atoms with Gasteiger partial charge in [-0.25, -0.2) is 14.8 Å². The van der Waals surface area contributed by atoms with Crippen molar-refractivity contribution in [1.29, 1.82) is 0 Å². The van der Waals surface area contributed by atoms with E-state index in [1.165, 1.54) is 5.56 Å². The number of anilines is 2. The van der Waals surface area contributed by atoms with Gasteiger partial charge in [-0.05, 0) is 45.3 Å². The number of β-amino-alcohol motifs (C(OH)–C–C–N with tert-alkyl or cyclic N) is 1. The van der Waals surface area contributed by atoms with Gasteiger partial charge in [-0.15, -0.1) is 0 Å². The molecule has 0 unspecified atom stereocenters. The molecule has 2 aliphatic heterocycles. The van der Waals surface area contributed by atoms with Gasteiger partial charge in [0.05, 0.1) is 36.8 Å². The van der Waals surface area contributed by atoms with Crippen LogP contribution in [0.2, 0.25) is 0 Å². The van der Waals surface area contributed by atoms with Crippen LogP contribution in [-0.2, 0) is 5.54 Å². The molecule has 2 saturated heterocycles. The van der Waals surface area contributed by atoms with E-state index in [0.29, 0.717) is 19.0 Å². The topological polar surface area (TPSA) is 88.1 Å². The minimum Gasteiger partial charge on any atom is -0.395 e. The minimum absolute atomic E-state index is 0.00336. The lowest BCUT2D eigenvalue weighted by atomic mass is 9.69. The molecule has 0 radical (unpaired) electrons. The first-order valence-electron chi connectivity index (χ1n) is 12.7. The van der Waals surface area contributed by atoms with Crippen molar-refractivity contribution in [2.24, 2.45) is 0 Å². The number of amides is 2. The van der Waals surface area contributed by atoms with Gasteiger partial charge in [0.1, 0.15) is 0 Å². The number of nitrogens with one attached hydrogen (secondary N) is 1. The number of benzene rings is 1. The lowest BCUT2D eigenvalue weighted by molar-refractivity contribution is 0.0658. The van der Waals surface area contributed by atoms with Crippen molar-refractivity contribution in [3.8, 4) is 0 Å². The van der Waals surface area contributed by atoms with E-state index >= 15 is 0 Å². The third kappa shape index (κ3) is 4.60. The van der Waals surface area contributed by atoms with E-state index in [2.05, 4.69) is 74.4 Å². The molecule has 3 fully saturated rings. The fraction of sp³-hybridized carbons (Fsp3) is 0.577. The summed E-state index contributed by atoms with van der Waals surface area (Å²) in [6.45, 7) is 4.99. The first-order valence-corrected chi connectivity index (χ1v) is 12.7. The van der Waals surface area contributed by atoms with Crippen LogP contribution in [0.25, 0.3) is 0 Å². The monoisotopic (exact) mass is 479 g/mol. The first kappa shape index (κ1) is 24.0. The highest BCUT2D eigenvalue weighted by atomic mass is 16.3. The number of piperazine rings is 1. The minimum atomic E-state index is -0.215. The SMILES string of the molecule is CN(C)[C@]1(c2ccccc2)CC[C@@]2(CC1)CN(c1cnc(N3CCN(CCO)CC3)nc1)C(=O)N2. The molecule has 0 atom stereocenters. The van der Waals surface area contributed by atoms with Crippen LogP contribution in [-0.4, -0.2) is 96.4 Å². The van der Waals surface area contributed by atoms with Crippen molar-refractivity contribution in [2.45, 2.75) is 36.8 Å². The predicted molar refractivity (Wildman–Crippen MR) is 137 cm³/mol. The zero-order valence-electron chi connectivity index (χ0n) is 20.9. The van der Waals surface area contributed by atoms with Crippen LogP contribution < -0.4 is 15.1 Å². The van der Waals surface area contributed by atoms with E-state index in [1.54, 1.807) is 17.3 Å². The predicted octanol–water partition coefficient (Wildman–Crippen LogP) is 1.89. The summed E-state index contributed by atoms with van der Waals surface area (Å²) in [5.41, 5.74) is 1.88. The van der Waals surface area contributed by atoms with E-state index < -0.39 is 0 Å². The van der Waals surface area contributed by atoms with Gasteiger partial charge in [-0.2, -0.15) is 0 Å². The van der Waals surface area contributed by atoms with Crippen LogP contribution in [0.3, 0.4) is 0 Å². The number of nitrogens with zero attached hydrogens (tertiary/aromatic N) is 6. The van der Waals surface area contributed by atoms with E-state index in [-0.39, 0.29) is 23.7 Å². The number of carbonyl (C=O) groups excluding carboxylic acids is 1. The van der Waals surface area contributed by atoms with E-state index in [4.69, 9.17) is 5.11 Å². The smallest absolute Gasteiger partial charge is 0.322 e. The maximum absolute atomic E-state index is 13.0. The maximum atomic E-state index is 13.0. The zero-order chi connectivity index (χ0) is 24.5. The molecule has 188 valence electrons. The van der Waals surface area contributed by atoms with Gasteiger partial charge in [0.15, 0.2) is 0 Å². The van der Waals surface area contributed by atoms with E-state index in [9.17, 15) is 4.79 Å². The zero-order valence-corrected chi connectivity index (χ0v) is 20.9. The molecule has 1 spiro atoms. The average molecular weight is 480 g/mol. The molecular formula is C26H37N7O2. The summed E-state index contributed by atoms with van der Waals surface area (Å²) in [5.74, 6) is 0.697. The highest BCUT2D eigenvalue weighted by molar-refractivity contribution is 5.95. The van der Waals surface area contributed by atoms with E-state index in [0.717, 1.165) is 57.5 Å². The Morgan fingerprint density at radius 2 is 1.66 bits per heavy atom. The molecule has 35 heavy (non-hydrogen) atoms. The Bertz CT molecular complexity index is 998. The summed E-state index contributed by atoms with van der Waals surface area (Å²) in [4.78, 5) is 30.7. The molecule has 5 rings (SSSR count). The third-order valence-electron chi connectivity index (χ3n) is 8.29. The number of hydrogen-bond acceptors (Lipinski definition) is 7. The molecule has 1 saturated carbocycles. The van der Waals surface area contributed by atoms with Crippen LogP contribution in [0.15, 0.2) is 42.7 Å². The fourth-order valence-electron chi connectivity index (χ4n) is 6.01. The lowest BCUT2D eigenvalue weighted by Gasteiger charge is -2.48. The Morgan fingerprint density at radius 3 is 2.26 bits per heavy atom. The molecule has 2 amide bonds. The molecule has 9 heteroatoms. The van der Waals surface area contributed by atoms with Crippen LogP contribution >= 0.6 is 0 Å². The summed E-state index contributed by atoms with van der Waals surface area (Å²) >= 11 is 0. The number of carbonyl (C=O) groups is 1. The van der Waals surface area contributed by atoms with E-state index in [1.807, 2.05) is 0 Å². The Morgan fingerprint density at radius 1 is 1.00 bits per heavy atom. The molecule has 2 N–H and O–H groups in total. The number of aromatic nitrogens is 2. The molecule has 1 aromatic carbocycles. The van der Waals surface area contributed by atoms with Gasteiger partial charge in [-0.1, -0.05) is 30.3 Å². The standard InChI is InChI=1S/C26H37N7O2/c1-30(2)26(21-6-4-3-5-7-21)10-8-25(9-11-26)20-33(24(35)29-25)22-18-27-23(28-19-22)32-14-12-31(13-15-32)16-17-34/h3-7,18-19,34H,8-17,20H2,1-2H3,(H,29,35)/t25-,26-. The van der Waals surface area contributed by atoms with Gasteiger partial charge in [0.25, 0.3) is 0 Å². The Balaban J connectivity index is 1.24. The number of urea groups is 1. The van der Waals surface area contributed by atoms with Crippen LogP contribution in [0.5, 0.6) is 0 Å². The van der Waals surface area contributed by atoms with Crippen molar-refractivity contribution in [1.82, 2.24) is 25.1 Å².